The molecule has 0 aromatic heterocycles. The highest BCUT2D eigenvalue weighted by molar-refractivity contribution is 7.92. The van der Waals surface area contributed by atoms with Crippen molar-refractivity contribution < 1.29 is 8.42 Å². The van der Waals surface area contributed by atoms with Crippen LogP contribution in [0.5, 0.6) is 0 Å². The first kappa shape index (κ1) is 13.4. The van der Waals surface area contributed by atoms with E-state index in [9.17, 15) is 8.42 Å². The molecule has 2 rings (SSSR count). The maximum atomic E-state index is 11.5. The van der Waals surface area contributed by atoms with Gasteiger partial charge in [-0.3, -0.25) is 4.31 Å². The Hall–Kier alpha value is -2.01. The predicted octanol–water partition coefficient (Wildman–Crippen LogP) is 2.33. The number of hydrogen-bond donors (Lipinski definition) is 1. The molecule has 19 heavy (non-hydrogen) atoms. The molecule has 4 nitrogen and oxygen atoms in total. The van der Waals surface area contributed by atoms with Gasteiger partial charge in [-0.1, -0.05) is 36.4 Å². The van der Waals surface area contributed by atoms with Gasteiger partial charge < -0.3 is 5.73 Å². The Labute approximate surface area is 113 Å². The van der Waals surface area contributed by atoms with Gasteiger partial charge in [-0.15, -0.1) is 0 Å². The fourth-order valence-corrected chi connectivity index (χ4v) is 2.35. The lowest BCUT2D eigenvalue weighted by Crippen LogP contribution is -2.25. The van der Waals surface area contributed by atoms with E-state index in [2.05, 4.69) is 0 Å². The Morgan fingerprint density at radius 1 is 1.00 bits per heavy atom. The highest BCUT2D eigenvalue weighted by Gasteiger charge is 2.14. The lowest BCUT2D eigenvalue weighted by atomic mass is 10.0. The van der Waals surface area contributed by atoms with Crippen LogP contribution in [0, 0.1) is 0 Å². The molecule has 2 N–H and O–H groups in total. The topological polar surface area (TPSA) is 63.4 Å². The standard InChI is InChI=1S/C14H16N2O2S/c1-16(19(2,17)18)14-9-8-12(10-13(14)15)11-6-4-3-5-7-11/h3-10H,15H2,1-2H3. The SMILES string of the molecule is CN(c1ccc(-c2ccccc2)cc1N)S(C)(=O)=O. The van der Waals surface area contributed by atoms with Crippen LogP contribution < -0.4 is 10.0 Å². The van der Waals surface area contributed by atoms with E-state index in [1.165, 1.54) is 11.4 Å². The van der Waals surface area contributed by atoms with Crippen molar-refractivity contribution in [1.29, 1.82) is 0 Å². The fraction of sp³-hybridized carbons (Fsp3) is 0.143. The second-order valence-corrected chi connectivity index (χ2v) is 6.38. The van der Waals surface area contributed by atoms with E-state index in [4.69, 9.17) is 5.73 Å². The third-order valence-corrected chi connectivity index (χ3v) is 4.16. The summed E-state index contributed by atoms with van der Waals surface area (Å²) in [5.74, 6) is 0. The smallest absolute Gasteiger partial charge is 0.232 e. The molecular weight excluding hydrogens is 260 g/mol. The van der Waals surface area contributed by atoms with Gasteiger partial charge in [0.05, 0.1) is 17.6 Å². The molecule has 0 saturated carbocycles. The van der Waals surface area contributed by atoms with Gasteiger partial charge >= 0.3 is 0 Å². The summed E-state index contributed by atoms with van der Waals surface area (Å²) < 4.78 is 24.2. The molecule has 0 unspecified atom stereocenters. The second-order valence-electron chi connectivity index (χ2n) is 4.37. The van der Waals surface area contributed by atoms with E-state index in [0.29, 0.717) is 11.4 Å². The number of nitrogens with zero attached hydrogens (tertiary/aromatic N) is 1. The maximum Gasteiger partial charge on any atom is 0.232 e. The van der Waals surface area contributed by atoms with Crippen LogP contribution in [-0.4, -0.2) is 21.7 Å². The van der Waals surface area contributed by atoms with Gasteiger partial charge in [0.2, 0.25) is 10.0 Å². The summed E-state index contributed by atoms with van der Waals surface area (Å²) in [6.45, 7) is 0. The summed E-state index contributed by atoms with van der Waals surface area (Å²) in [7, 11) is -1.81. The summed E-state index contributed by atoms with van der Waals surface area (Å²) in [6, 6.07) is 15.2. The van der Waals surface area contributed by atoms with E-state index >= 15 is 0 Å². The average molecular weight is 276 g/mol. The Balaban J connectivity index is 2.44. The second kappa shape index (κ2) is 4.93. The Kier molecular flexibility index (Phi) is 3.48. The molecule has 0 aliphatic heterocycles. The van der Waals surface area contributed by atoms with Gasteiger partial charge in [0.15, 0.2) is 0 Å². The van der Waals surface area contributed by atoms with Crippen molar-refractivity contribution in [2.45, 2.75) is 0 Å². The van der Waals surface area contributed by atoms with Gasteiger partial charge in [0.1, 0.15) is 0 Å². The summed E-state index contributed by atoms with van der Waals surface area (Å²) in [5.41, 5.74) is 8.88. The molecule has 5 heteroatoms. The van der Waals surface area contributed by atoms with E-state index in [0.717, 1.165) is 17.4 Å². The first-order valence-electron chi connectivity index (χ1n) is 5.78. The highest BCUT2D eigenvalue weighted by atomic mass is 32.2. The number of anilines is 2. The third kappa shape index (κ3) is 2.88. The van der Waals surface area contributed by atoms with Crippen LogP contribution in [-0.2, 0) is 10.0 Å². The number of nitrogens with two attached hydrogens (primary N) is 1. The Morgan fingerprint density at radius 3 is 2.16 bits per heavy atom. The molecule has 0 aliphatic rings. The van der Waals surface area contributed by atoms with Crippen molar-refractivity contribution in [3.8, 4) is 11.1 Å². The lowest BCUT2D eigenvalue weighted by Gasteiger charge is -2.19. The summed E-state index contributed by atoms with van der Waals surface area (Å²) in [5, 5.41) is 0. The minimum atomic E-state index is -3.30. The van der Waals surface area contributed by atoms with Crippen LogP contribution in [0.3, 0.4) is 0 Å². The molecule has 2 aromatic rings. The van der Waals surface area contributed by atoms with Crippen molar-refractivity contribution in [2.24, 2.45) is 0 Å². The van der Waals surface area contributed by atoms with Crippen LogP contribution in [0.4, 0.5) is 11.4 Å². The van der Waals surface area contributed by atoms with E-state index in [1.807, 2.05) is 36.4 Å². The molecule has 0 bridgehead atoms. The van der Waals surface area contributed by atoms with Crippen molar-refractivity contribution >= 4 is 21.4 Å². The monoisotopic (exact) mass is 276 g/mol. The molecule has 0 saturated heterocycles. The highest BCUT2D eigenvalue weighted by Crippen LogP contribution is 2.29. The molecule has 0 radical (unpaired) electrons. The molecular formula is C14H16N2O2S. The first-order chi connectivity index (χ1) is 8.89. The van der Waals surface area contributed by atoms with E-state index < -0.39 is 10.0 Å². The number of benzene rings is 2. The zero-order valence-electron chi connectivity index (χ0n) is 10.9. The van der Waals surface area contributed by atoms with Gasteiger partial charge in [-0.05, 0) is 23.3 Å². The minimum Gasteiger partial charge on any atom is -0.397 e. The summed E-state index contributed by atoms with van der Waals surface area (Å²) in [4.78, 5) is 0. The van der Waals surface area contributed by atoms with Crippen molar-refractivity contribution in [2.75, 3.05) is 23.3 Å². The molecule has 0 fully saturated rings. The maximum absolute atomic E-state index is 11.5. The molecule has 0 amide bonds. The van der Waals surface area contributed by atoms with Crippen LogP contribution >= 0.6 is 0 Å². The van der Waals surface area contributed by atoms with Crippen LogP contribution in [0.25, 0.3) is 11.1 Å². The molecule has 0 heterocycles. The number of sulfonamides is 1. The number of rotatable bonds is 3. The van der Waals surface area contributed by atoms with Crippen molar-refractivity contribution in [1.82, 2.24) is 0 Å². The molecule has 2 aromatic carbocycles. The minimum absolute atomic E-state index is 0.439. The Bertz CT molecular complexity index is 682. The van der Waals surface area contributed by atoms with Crippen LogP contribution in [0.1, 0.15) is 0 Å². The fourth-order valence-electron chi connectivity index (χ4n) is 1.83. The molecule has 0 spiro atoms. The zero-order valence-corrected chi connectivity index (χ0v) is 11.7. The van der Waals surface area contributed by atoms with Gasteiger partial charge in [-0.2, -0.15) is 0 Å². The number of hydrogen-bond acceptors (Lipinski definition) is 3. The molecule has 0 atom stereocenters. The van der Waals surface area contributed by atoms with Crippen molar-refractivity contribution in [3.63, 3.8) is 0 Å². The van der Waals surface area contributed by atoms with E-state index in [-0.39, 0.29) is 0 Å². The quantitative estimate of drug-likeness (QED) is 0.875. The van der Waals surface area contributed by atoms with Crippen LogP contribution in [0.15, 0.2) is 48.5 Å². The van der Waals surface area contributed by atoms with Gasteiger partial charge in [-0.25, -0.2) is 8.42 Å². The van der Waals surface area contributed by atoms with E-state index in [1.54, 1.807) is 12.1 Å². The van der Waals surface area contributed by atoms with Crippen LogP contribution in [0.2, 0.25) is 0 Å². The lowest BCUT2D eigenvalue weighted by molar-refractivity contribution is 0.600. The Morgan fingerprint density at radius 2 is 1.63 bits per heavy atom. The normalized spacial score (nSPS) is 11.3. The van der Waals surface area contributed by atoms with Gasteiger partial charge in [0.25, 0.3) is 0 Å². The summed E-state index contributed by atoms with van der Waals surface area (Å²) in [6.07, 6.45) is 1.15. The van der Waals surface area contributed by atoms with Gasteiger partial charge in [0, 0.05) is 7.05 Å². The average Bonchev–Trinajstić information content (AvgIpc) is 2.38. The van der Waals surface area contributed by atoms with Crippen molar-refractivity contribution in [3.05, 3.63) is 48.5 Å². The summed E-state index contributed by atoms with van der Waals surface area (Å²) >= 11 is 0. The predicted molar refractivity (Wildman–Crippen MR) is 79.5 cm³/mol. The molecule has 0 aliphatic carbocycles. The largest absolute Gasteiger partial charge is 0.397 e. The third-order valence-electron chi connectivity index (χ3n) is 2.97. The molecule has 100 valence electrons. The zero-order chi connectivity index (χ0) is 14.0. The first-order valence-corrected chi connectivity index (χ1v) is 7.63. The number of nitrogen functional groups attached to an aromatic ring is 1.